The SMILES string of the molecule is Fc1ccc(Nc2ncc(Br)cc2F)cc1C(F)(F)F. The molecule has 0 saturated carbocycles. The quantitative estimate of drug-likeness (QED) is 0.778. The first kappa shape index (κ1) is 14.7. The summed E-state index contributed by atoms with van der Waals surface area (Å²) in [5.41, 5.74) is -1.55. The summed E-state index contributed by atoms with van der Waals surface area (Å²) in [4.78, 5) is 3.68. The molecule has 8 heteroatoms. The fraction of sp³-hybridized carbons (Fsp3) is 0.0833. The molecule has 0 unspecified atom stereocenters. The van der Waals surface area contributed by atoms with E-state index in [0.29, 0.717) is 16.6 Å². The number of aromatic nitrogens is 1. The molecule has 0 spiro atoms. The molecule has 0 bridgehead atoms. The van der Waals surface area contributed by atoms with Crippen LogP contribution in [-0.4, -0.2) is 4.98 Å². The van der Waals surface area contributed by atoms with Gasteiger partial charge in [-0.3, -0.25) is 0 Å². The minimum Gasteiger partial charge on any atom is -0.338 e. The first-order chi connectivity index (χ1) is 9.27. The average Bonchev–Trinajstić information content (AvgIpc) is 2.33. The van der Waals surface area contributed by atoms with Gasteiger partial charge in [-0.05, 0) is 40.2 Å². The number of anilines is 2. The van der Waals surface area contributed by atoms with Crippen molar-refractivity contribution in [2.45, 2.75) is 6.18 Å². The molecule has 2 aromatic rings. The Morgan fingerprint density at radius 1 is 1.05 bits per heavy atom. The van der Waals surface area contributed by atoms with Crippen molar-refractivity contribution in [3.63, 3.8) is 0 Å². The minimum atomic E-state index is -4.83. The second kappa shape index (κ2) is 5.35. The molecule has 1 aromatic carbocycles. The fourth-order valence-corrected chi connectivity index (χ4v) is 1.77. The van der Waals surface area contributed by atoms with Gasteiger partial charge in [0.15, 0.2) is 11.6 Å². The third kappa shape index (κ3) is 3.24. The summed E-state index contributed by atoms with van der Waals surface area (Å²) < 4.78 is 64.6. The predicted octanol–water partition coefficient (Wildman–Crippen LogP) is 4.88. The van der Waals surface area contributed by atoms with Crippen LogP contribution in [0.15, 0.2) is 34.9 Å². The van der Waals surface area contributed by atoms with E-state index in [2.05, 4.69) is 26.2 Å². The predicted molar refractivity (Wildman–Crippen MR) is 66.6 cm³/mol. The normalized spacial score (nSPS) is 11.5. The summed E-state index contributed by atoms with van der Waals surface area (Å²) in [6.07, 6.45) is -3.55. The second-order valence-corrected chi connectivity index (χ2v) is 4.72. The molecule has 2 nitrogen and oxygen atoms in total. The molecule has 0 aliphatic heterocycles. The summed E-state index contributed by atoms with van der Waals surface area (Å²) in [6.45, 7) is 0. The van der Waals surface area contributed by atoms with E-state index in [0.717, 1.165) is 12.1 Å². The van der Waals surface area contributed by atoms with E-state index in [1.807, 2.05) is 0 Å². The van der Waals surface area contributed by atoms with Gasteiger partial charge in [-0.15, -0.1) is 0 Å². The van der Waals surface area contributed by atoms with Crippen LogP contribution in [0.3, 0.4) is 0 Å². The molecular weight excluding hydrogens is 347 g/mol. The van der Waals surface area contributed by atoms with Crippen LogP contribution in [0.5, 0.6) is 0 Å². The summed E-state index contributed by atoms with van der Waals surface area (Å²) >= 11 is 3.00. The summed E-state index contributed by atoms with van der Waals surface area (Å²) in [5, 5.41) is 2.37. The molecule has 0 aliphatic carbocycles. The van der Waals surface area contributed by atoms with Gasteiger partial charge in [-0.2, -0.15) is 13.2 Å². The Labute approximate surface area is 118 Å². The topological polar surface area (TPSA) is 24.9 Å². The smallest absolute Gasteiger partial charge is 0.338 e. The van der Waals surface area contributed by atoms with Crippen LogP contribution in [0.25, 0.3) is 0 Å². The van der Waals surface area contributed by atoms with Crippen LogP contribution in [0.2, 0.25) is 0 Å². The Bertz CT molecular complexity index is 642. The highest BCUT2D eigenvalue weighted by molar-refractivity contribution is 9.10. The Balaban J connectivity index is 2.35. The average molecular weight is 353 g/mol. The van der Waals surface area contributed by atoms with Crippen LogP contribution in [0, 0.1) is 11.6 Å². The largest absolute Gasteiger partial charge is 0.419 e. The lowest BCUT2D eigenvalue weighted by atomic mass is 10.2. The molecule has 106 valence electrons. The molecule has 0 aliphatic rings. The Kier molecular flexibility index (Phi) is 3.94. The molecule has 0 amide bonds. The highest BCUT2D eigenvalue weighted by atomic mass is 79.9. The molecule has 0 radical (unpaired) electrons. The molecule has 2 rings (SSSR count). The van der Waals surface area contributed by atoms with E-state index in [4.69, 9.17) is 0 Å². The summed E-state index contributed by atoms with van der Waals surface area (Å²) in [7, 11) is 0. The third-order valence-electron chi connectivity index (χ3n) is 2.34. The minimum absolute atomic E-state index is 0.118. The van der Waals surface area contributed by atoms with Gasteiger partial charge in [0, 0.05) is 16.4 Å². The van der Waals surface area contributed by atoms with Crippen molar-refractivity contribution in [3.05, 3.63) is 52.1 Å². The lowest BCUT2D eigenvalue weighted by molar-refractivity contribution is -0.139. The van der Waals surface area contributed by atoms with Crippen LogP contribution < -0.4 is 5.32 Å². The van der Waals surface area contributed by atoms with E-state index in [-0.39, 0.29) is 11.5 Å². The standard InChI is InChI=1S/C12H6BrF5N2/c13-6-3-10(15)11(19-5-6)20-7-1-2-9(14)8(4-7)12(16,17)18/h1-5H,(H,19,20). The molecule has 1 aromatic heterocycles. The van der Waals surface area contributed by atoms with Crippen molar-refractivity contribution in [2.24, 2.45) is 0 Å². The zero-order valence-corrected chi connectivity index (χ0v) is 11.2. The molecule has 1 N–H and O–H groups in total. The third-order valence-corrected chi connectivity index (χ3v) is 2.78. The Morgan fingerprint density at radius 2 is 1.75 bits per heavy atom. The molecular formula is C12H6BrF5N2. The highest BCUT2D eigenvalue weighted by Gasteiger charge is 2.34. The van der Waals surface area contributed by atoms with Crippen LogP contribution in [0.4, 0.5) is 33.5 Å². The monoisotopic (exact) mass is 352 g/mol. The van der Waals surface area contributed by atoms with E-state index >= 15 is 0 Å². The van der Waals surface area contributed by atoms with E-state index in [9.17, 15) is 22.0 Å². The maximum atomic E-state index is 13.5. The lowest BCUT2D eigenvalue weighted by Gasteiger charge is -2.11. The van der Waals surface area contributed by atoms with Gasteiger partial charge in [-0.25, -0.2) is 13.8 Å². The van der Waals surface area contributed by atoms with Crippen LogP contribution >= 0.6 is 15.9 Å². The van der Waals surface area contributed by atoms with Crippen molar-refractivity contribution < 1.29 is 22.0 Å². The van der Waals surface area contributed by atoms with Gasteiger partial charge in [0.2, 0.25) is 0 Å². The van der Waals surface area contributed by atoms with Gasteiger partial charge in [0.1, 0.15) is 5.82 Å². The highest BCUT2D eigenvalue weighted by Crippen LogP contribution is 2.33. The number of pyridine rings is 1. The number of halogens is 6. The van der Waals surface area contributed by atoms with Crippen molar-refractivity contribution in [2.75, 3.05) is 5.32 Å². The number of alkyl halides is 3. The maximum absolute atomic E-state index is 13.5. The van der Waals surface area contributed by atoms with Crippen LogP contribution in [0.1, 0.15) is 5.56 Å². The van der Waals surface area contributed by atoms with Gasteiger partial charge < -0.3 is 5.32 Å². The Morgan fingerprint density at radius 3 is 2.35 bits per heavy atom. The zero-order valence-electron chi connectivity index (χ0n) is 9.60. The van der Waals surface area contributed by atoms with E-state index < -0.39 is 23.4 Å². The zero-order chi connectivity index (χ0) is 14.9. The van der Waals surface area contributed by atoms with Gasteiger partial charge in [0.05, 0.1) is 5.56 Å². The summed E-state index contributed by atoms with van der Waals surface area (Å²) in [5.74, 6) is -2.41. The number of rotatable bonds is 2. The molecule has 0 saturated heterocycles. The van der Waals surface area contributed by atoms with E-state index in [1.165, 1.54) is 6.20 Å². The molecule has 20 heavy (non-hydrogen) atoms. The Hall–Kier alpha value is -1.70. The molecule has 0 atom stereocenters. The lowest BCUT2D eigenvalue weighted by Crippen LogP contribution is -2.09. The van der Waals surface area contributed by atoms with E-state index in [1.54, 1.807) is 0 Å². The molecule has 0 fully saturated rings. The van der Waals surface area contributed by atoms with Crippen molar-refractivity contribution >= 4 is 27.4 Å². The number of benzene rings is 1. The van der Waals surface area contributed by atoms with Crippen LogP contribution in [-0.2, 0) is 6.18 Å². The van der Waals surface area contributed by atoms with Gasteiger partial charge in [-0.1, -0.05) is 0 Å². The maximum Gasteiger partial charge on any atom is 0.419 e. The van der Waals surface area contributed by atoms with Gasteiger partial charge in [0.25, 0.3) is 0 Å². The van der Waals surface area contributed by atoms with Crippen molar-refractivity contribution in [1.29, 1.82) is 0 Å². The van der Waals surface area contributed by atoms with Gasteiger partial charge >= 0.3 is 6.18 Å². The number of nitrogens with zero attached hydrogens (tertiary/aromatic N) is 1. The molecule has 1 heterocycles. The number of nitrogens with one attached hydrogen (secondary N) is 1. The first-order valence-electron chi connectivity index (χ1n) is 5.22. The van der Waals surface area contributed by atoms with Crippen molar-refractivity contribution in [3.8, 4) is 0 Å². The number of hydrogen-bond donors (Lipinski definition) is 1. The number of hydrogen-bond acceptors (Lipinski definition) is 2. The second-order valence-electron chi connectivity index (χ2n) is 3.80. The van der Waals surface area contributed by atoms with Crippen molar-refractivity contribution in [1.82, 2.24) is 4.98 Å². The summed E-state index contributed by atoms with van der Waals surface area (Å²) in [6, 6.07) is 3.37. The first-order valence-corrected chi connectivity index (χ1v) is 6.01. The fourth-order valence-electron chi connectivity index (χ4n) is 1.46.